The van der Waals surface area contributed by atoms with Crippen LogP contribution in [-0.2, 0) is 22.7 Å². The van der Waals surface area contributed by atoms with Crippen LogP contribution in [0.1, 0.15) is 51.1 Å². The van der Waals surface area contributed by atoms with E-state index in [1.807, 2.05) is 24.4 Å². The van der Waals surface area contributed by atoms with E-state index in [0.29, 0.717) is 17.7 Å². The predicted molar refractivity (Wildman–Crippen MR) is 115 cm³/mol. The number of amides is 4. The van der Waals surface area contributed by atoms with Gasteiger partial charge in [-0.3, -0.25) is 34.4 Å². The Morgan fingerprint density at radius 2 is 1.72 bits per heavy atom. The Bertz CT molecular complexity index is 1040. The van der Waals surface area contributed by atoms with Crippen LogP contribution in [0.2, 0.25) is 0 Å². The number of fused-ring (bicyclic) bond motifs is 1. The van der Waals surface area contributed by atoms with Gasteiger partial charge >= 0.3 is 0 Å². The van der Waals surface area contributed by atoms with E-state index in [1.165, 1.54) is 0 Å². The molecule has 2 aliphatic heterocycles. The number of benzene rings is 1. The molecule has 0 aliphatic carbocycles. The van der Waals surface area contributed by atoms with Crippen molar-refractivity contribution >= 4 is 23.6 Å². The molecule has 1 saturated heterocycles. The number of rotatable bonds is 9. The highest BCUT2D eigenvalue weighted by Gasteiger charge is 2.44. The van der Waals surface area contributed by atoms with E-state index in [9.17, 15) is 19.2 Å². The van der Waals surface area contributed by atoms with Gasteiger partial charge in [-0.2, -0.15) is 0 Å². The minimum atomic E-state index is -0.944. The number of nitrogens with zero attached hydrogens (tertiary/aromatic N) is 2. The summed E-state index contributed by atoms with van der Waals surface area (Å²) >= 11 is 0. The Morgan fingerprint density at radius 3 is 2.44 bits per heavy atom. The van der Waals surface area contributed by atoms with Crippen LogP contribution in [0.25, 0.3) is 0 Å². The molecule has 0 bridgehead atoms. The molecule has 4 amide bonds. The highest BCUT2D eigenvalue weighted by Crippen LogP contribution is 2.28. The molecule has 1 fully saturated rings. The summed E-state index contributed by atoms with van der Waals surface area (Å²) in [5.41, 5.74) is 2.63. The fourth-order valence-corrected chi connectivity index (χ4v) is 3.93. The third-order valence-electron chi connectivity index (χ3n) is 5.59. The van der Waals surface area contributed by atoms with Crippen LogP contribution in [0.3, 0.4) is 0 Å². The zero-order chi connectivity index (χ0) is 22.5. The number of carbonyl (C=O) groups excluding carboxylic acids is 4. The average molecular weight is 435 g/mol. The van der Waals surface area contributed by atoms with Gasteiger partial charge in [-0.15, -0.1) is 0 Å². The van der Waals surface area contributed by atoms with E-state index in [0.717, 1.165) is 42.1 Å². The van der Waals surface area contributed by atoms with E-state index in [-0.39, 0.29) is 18.7 Å². The Balaban J connectivity index is 1.26. The molecule has 1 atom stereocenters. The number of imide groups is 2. The predicted octanol–water partition coefficient (Wildman–Crippen LogP) is 0.752. The first kappa shape index (κ1) is 21.8. The number of hydrogen-bond acceptors (Lipinski definition) is 7. The maximum absolute atomic E-state index is 12.9. The molecule has 0 spiro atoms. The minimum absolute atomic E-state index is 0.107. The van der Waals surface area contributed by atoms with E-state index in [1.54, 1.807) is 18.3 Å². The molecule has 1 aromatic heterocycles. The summed E-state index contributed by atoms with van der Waals surface area (Å²) in [6.45, 7) is 3.00. The van der Waals surface area contributed by atoms with Gasteiger partial charge in [0.25, 0.3) is 11.8 Å². The number of carbonyl (C=O) groups is 4. The molecule has 4 rings (SSSR count). The summed E-state index contributed by atoms with van der Waals surface area (Å²) in [6, 6.07) is 8.15. The molecule has 1 aromatic carbocycles. The first-order valence-corrected chi connectivity index (χ1v) is 10.7. The molecule has 32 heavy (non-hydrogen) atoms. The van der Waals surface area contributed by atoms with Crippen LogP contribution < -0.4 is 16.0 Å². The number of piperidine rings is 1. The van der Waals surface area contributed by atoms with E-state index in [4.69, 9.17) is 0 Å². The molecule has 0 radical (unpaired) electrons. The largest absolute Gasteiger partial charge is 0.313 e. The molecular formula is C23H25N5O4. The molecule has 2 aromatic rings. The summed E-state index contributed by atoms with van der Waals surface area (Å²) in [6.07, 6.45) is 4.79. The average Bonchev–Trinajstić information content (AvgIpc) is 3.04. The van der Waals surface area contributed by atoms with Gasteiger partial charge in [-0.05, 0) is 55.3 Å². The smallest absolute Gasteiger partial charge is 0.262 e. The second-order valence-corrected chi connectivity index (χ2v) is 7.90. The SMILES string of the molecule is O=C1CCC(N2C(=O)c3ccc(CNCCCNCc4cccnc4)cc3C2=O)C(=O)N1. The second-order valence-electron chi connectivity index (χ2n) is 7.90. The molecular weight excluding hydrogens is 410 g/mol. The zero-order valence-corrected chi connectivity index (χ0v) is 17.6. The quantitative estimate of drug-likeness (QED) is 0.393. The number of nitrogens with one attached hydrogen (secondary N) is 3. The van der Waals surface area contributed by atoms with Gasteiger partial charge < -0.3 is 10.6 Å². The van der Waals surface area contributed by atoms with Crippen LogP contribution in [0.4, 0.5) is 0 Å². The Hall–Kier alpha value is -3.43. The molecule has 9 heteroatoms. The summed E-state index contributed by atoms with van der Waals surface area (Å²) in [5, 5.41) is 8.91. The monoisotopic (exact) mass is 435 g/mol. The van der Waals surface area contributed by atoms with Gasteiger partial charge in [0, 0.05) is 31.9 Å². The van der Waals surface area contributed by atoms with Crippen molar-refractivity contribution in [1.82, 2.24) is 25.8 Å². The molecule has 2 aliphatic rings. The Kier molecular flexibility index (Phi) is 6.67. The maximum atomic E-state index is 12.9. The minimum Gasteiger partial charge on any atom is -0.313 e. The zero-order valence-electron chi connectivity index (χ0n) is 17.6. The van der Waals surface area contributed by atoms with Crippen molar-refractivity contribution in [3.8, 4) is 0 Å². The molecule has 3 N–H and O–H groups in total. The van der Waals surface area contributed by atoms with Crippen molar-refractivity contribution < 1.29 is 19.2 Å². The summed E-state index contributed by atoms with van der Waals surface area (Å²) in [4.78, 5) is 54.2. The lowest BCUT2D eigenvalue weighted by Crippen LogP contribution is -2.54. The van der Waals surface area contributed by atoms with Crippen molar-refractivity contribution in [3.63, 3.8) is 0 Å². The first-order valence-electron chi connectivity index (χ1n) is 10.7. The van der Waals surface area contributed by atoms with Crippen LogP contribution in [0.15, 0.2) is 42.7 Å². The van der Waals surface area contributed by atoms with Crippen LogP contribution in [0.5, 0.6) is 0 Å². The number of hydrogen-bond donors (Lipinski definition) is 3. The molecule has 9 nitrogen and oxygen atoms in total. The summed E-state index contributed by atoms with van der Waals surface area (Å²) < 4.78 is 0. The van der Waals surface area contributed by atoms with Gasteiger partial charge in [-0.1, -0.05) is 12.1 Å². The summed E-state index contributed by atoms with van der Waals surface area (Å²) in [7, 11) is 0. The van der Waals surface area contributed by atoms with Crippen molar-refractivity contribution in [2.75, 3.05) is 13.1 Å². The topological polar surface area (TPSA) is 120 Å². The van der Waals surface area contributed by atoms with Gasteiger partial charge in [0.15, 0.2) is 0 Å². The maximum Gasteiger partial charge on any atom is 0.262 e. The fraction of sp³-hybridized carbons (Fsp3) is 0.348. The standard InChI is InChI=1S/C23H25N5O4/c29-20-7-6-19(21(30)27-20)28-22(31)17-5-4-15(11-18(17)23(28)32)12-25-9-2-10-26-14-16-3-1-8-24-13-16/h1,3-5,8,11,13,19,25-26H,2,6-7,9-10,12,14H2,(H,27,29,30). The first-order chi connectivity index (χ1) is 15.5. The lowest BCUT2D eigenvalue weighted by Gasteiger charge is -2.27. The second kappa shape index (κ2) is 9.80. The van der Waals surface area contributed by atoms with Crippen molar-refractivity contribution in [3.05, 3.63) is 65.0 Å². The van der Waals surface area contributed by atoms with Crippen LogP contribution >= 0.6 is 0 Å². The number of aromatic nitrogens is 1. The lowest BCUT2D eigenvalue weighted by molar-refractivity contribution is -0.136. The highest BCUT2D eigenvalue weighted by molar-refractivity contribution is 6.23. The van der Waals surface area contributed by atoms with E-state index < -0.39 is 23.8 Å². The molecule has 0 saturated carbocycles. The Labute approximate surface area is 185 Å². The molecule has 3 heterocycles. The van der Waals surface area contributed by atoms with Crippen molar-refractivity contribution in [1.29, 1.82) is 0 Å². The van der Waals surface area contributed by atoms with Crippen LogP contribution in [-0.4, -0.2) is 52.6 Å². The molecule has 166 valence electrons. The Morgan fingerprint density at radius 1 is 0.969 bits per heavy atom. The highest BCUT2D eigenvalue weighted by atomic mass is 16.2. The normalized spacial score (nSPS) is 18.1. The van der Waals surface area contributed by atoms with E-state index in [2.05, 4.69) is 20.9 Å². The van der Waals surface area contributed by atoms with Gasteiger partial charge in [0.2, 0.25) is 11.8 Å². The third kappa shape index (κ3) is 4.74. The van der Waals surface area contributed by atoms with Crippen molar-refractivity contribution in [2.45, 2.75) is 38.4 Å². The van der Waals surface area contributed by atoms with Gasteiger partial charge in [-0.25, -0.2) is 0 Å². The summed E-state index contributed by atoms with van der Waals surface area (Å²) in [5.74, 6) is -1.96. The van der Waals surface area contributed by atoms with Gasteiger partial charge in [0.05, 0.1) is 11.1 Å². The third-order valence-corrected chi connectivity index (χ3v) is 5.59. The molecule has 1 unspecified atom stereocenters. The van der Waals surface area contributed by atoms with Crippen LogP contribution in [0, 0.1) is 0 Å². The van der Waals surface area contributed by atoms with Gasteiger partial charge in [0.1, 0.15) is 6.04 Å². The van der Waals surface area contributed by atoms with Crippen molar-refractivity contribution in [2.24, 2.45) is 0 Å². The van der Waals surface area contributed by atoms with E-state index >= 15 is 0 Å². The lowest BCUT2D eigenvalue weighted by atomic mass is 10.0. The number of pyridine rings is 1. The fourth-order valence-electron chi connectivity index (χ4n) is 3.93.